The van der Waals surface area contributed by atoms with Crippen LogP contribution in [0.1, 0.15) is 49.4 Å². The molecule has 2 heterocycles. The van der Waals surface area contributed by atoms with E-state index in [0.29, 0.717) is 22.4 Å². The fraction of sp³-hybridized carbons (Fsp3) is 0.333. The maximum Gasteiger partial charge on any atom is 0.416 e. The summed E-state index contributed by atoms with van der Waals surface area (Å²) in [5.41, 5.74) is 1.69. The van der Waals surface area contributed by atoms with Gasteiger partial charge in [0.05, 0.1) is 17.9 Å². The van der Waals surface area contributed by atoms with Gasteiger partial charge in [0, 0.05) is 17.2 Å². The number of aromatic nitrogens is 1. The molecule has 0 saturated heterocycles. The topological polar surface area (TPSA) is 52.3 Å². The highest BCUT2D eigenvalue weighted by atomic mass is 19.4. The number of fused-ring (bicyclic) bond motifs is 1. The van der Waals surface area contributed by atoms with E-state index < -0.39 is 17.7 Å². The van der Waals surface area contributed by atoms with Crippen LogP contribution in [0.15, 0.2) is 40.8 Å². The van der Waals surface area contributed by atoms with E-state index in [1.54, 1.807) is 13.0 Å². The number of nitrogens with zero attached hydrogens (tertiary/aromatic N) is 1. The van der Waals surface area contributed by atoms with E-state index in [0.717, 1.165) is 17.7 Å². The second kappa shape index (κ2) is 6.96. The van der Waals surface area contributed by atoms with Gasteiger partial charge in [-0.25, -0.2) is 9.78 Å². The third-order valence-corrected chi connectivity index (χ3v) is 4.27. The minimum absolute atomic E-state index is 0.0411. The first-order valence-corrected chi connectivity index (χ1v) is 8.80. The van der Waals surface area contributed by atoms with Crippen LogP contribution in [0.3, 0.4) is 0 Å². The van der Waals surface area contributed by atoms with Crippen molar-refractivity contribution in [3.8, 4) is 11.3 Å². The zero-order valence-electron chi connectivity index (χ0n) is 16.0. The zero-order chi connectivity index (χ0) is 20.7. The van der Waals surface area contributed by atoms with Gasteiger partial charge in [-0.1, -0.05) is 32.9 Å². The van der Waals surface area contributed by atoms with E-state index >= 15 is 0 Å². The Hall–Kier alpha value is -2.83. The quantitative estimate of drug-likeness (QED) is 0.515. The van der Waals surface area contributed by atoms with Gasteiger partial charge >= 0.3 is 12.1 Å². The summed E-state index contributed by atoms with van der Waals surface area (Å²) >= 11 is 0. The molecule has 148 valence electrons. The molecule has 0 atom stereocenters. The summed E-state index contributed by atoms with van der Waals surface area (Å²) in [5.74, 6) is -0.546. The number of ether oxygens (including phenoxy) is 1. The highest BCUT2D eigenvalue weighted by molar-refractivity contribution is 5.93. The lowest BCUT2D eigenvalue weighted by Crippen LogP contribution is -2.12. The Morgan fingerprint density at radius 3 is 2.29 bits per heavy atom. The molecule has 0 saturated carbocycles. The lowest BCUT2D eigenvalue weighted by atomic mass is 9.86. The lowest BCUT2D eigenvalue weighted by molar-refractivity contribution is -0.137. The van der Waals surface area contributed by atoms with Crippen molar-refractivity contribution in [2.75, 3.05) is 6.61 Å². The monoisotopic (exact) mass is 391 g/mol. The van der Waals surface area contributed by atoms with Crippen LogP contribution >= 0.6 is 0 Å². The highest BCUT2D eigenvalue weighted by Crippen LogP contribution is 2.36. The Labute approximate surface area is 160 Å². The molecule has 0 fully saturated rings. The number of halogens is 3. The average molecular weight is 391 g/mol. The summed E-state index contributed by atoms with van der Waals surface area (Å²) in [7, 11) is 0. The fourth-order valence-corrected chi connectivity index (χ4v) is 2.86. The van der Waals surface area contributed by atoms with E-state index in [1.807, 2.05) is 20.8 Å². The second-order valence-electron chi connectivity index (χ2n) is 7.43. The van der Waals surface area contributed by atoms with Crippen LogP contribution in [0.25, 0.3) is 22.4 Å². The molecule has 0 aliphatic heterocycles. The molecule has 0 bridgehead atoms. The summed E-state index contributed by atoms with van der Waals surface area (Å²) in [4.78, 5) is 16.5. The Bertz CT molecular complexity index is 1010. The molecule has 0 aliphatic rings. The highest BCUT2D eigenvalue weighted by Gasteiger charge is 2.30. The first-order valence-electron chi connectivity index (χ1n) is 8.80. The molecule has 0 radical (unpaired) electrons. The minimum atomic E-state index is -4.40. The van der Waals surface area contributed by atoms with E-state index in [9.17, 15) is 18.0 Å². The van der Waals surface area contributed by atoms with Crippen molar-refractivity contribution < 1.29 is 27.1 Å². The molecule has 7 heteroatoms. The van der Waals surface area contributed by atoms with Gasteiger partial charge in [0.15, 0.2) is 5.58 Å². The number of pyridine rings is 1. The SMILES string of the molecule is CCOC(=O)c1cc2nc(-c3ccc(C(F)(F)F)cc3)cc(C(C)(C)C)c2o1. The maximum absolute atomic E-state index is 12.8. The molecule has 2 aromatic heterocycles. The van der Waals surface area contributed by atoms with Crippen molar-refractivity contribution >= 4 is 17.1 Å². The van der Waals surface area contributed by atoms with Gasteiger partial charge in [-0.15, -0.1) is 0 Å². The average Bonchev–Trinajstić information content (AvgIpc) is 3.03. The molecule has 3 rings (SSSR count). The molecule has 0 unspecified atom stereocenters. The molecular weight excluding hydrogens is 371 g/mol. The number of benzene rings is 1. The van der Waals surface area contributed by atoms with Gasteiger partial charge in [-0.2, -0.15) is 13.2 Å². The predicted octanol–water partition coefficient (Wildman–Crippen LogP) is 5.99. The number of alkyl halides is 3. The second-order valence-corrected chi connectivity index (χ2v) is 7.43. The Morgan fingerprint density at radius 1 is 1.11 bits per heavy atom. The van der Waals surface area contributed by atoms with Crippen molar-refractivity contribution in [2.45, 2.75) is 39.3 Å². The van der Waals surface area contributed by atoms with Crippen molar-refractivity contribution in [1.82, 2.24) is 4.98 Å². The van der Waals surface area contributed by atoms with E-state index in [2.05, 4.69) is 4.98 Å². The van der Waals surface area contributed by atoms with Crippen LogP contribution in [0.5, 0.6) is 0 Å². The number of rotatable bonds is 3. The van der Waals surface area contributed by atoms with Crippen LogP contribution in [0, 0.1) is 0 Å². The van der Waals surface area contributed by atoms with Crippen molar-refractivity contribution in [3.63, 3.8) is 0 Å². The van der Waals surface area contributed by atoms with Crippen LogP contribution in [-0.4, -0.2) is 17.6 Å². The molecule has 0 amide bonds. The zero-order valence-corrected chi connectivity index (χ0v) is 16.0. The molecule has 4 nitrogen and oxygen atoms in total. The Kier molecular flexibility index (Phi) is 4.95. The number of carbonyl (C=O) groups is 1. The summed E-state index contributed by atoms with van der Waals surface area (Å²) in [6.07, 6.45) is -4.40. The largest absolute Gasteiger partial charge is 0.460 e. The van der Waals surface area contributed by atoms with Crippen molar-refractivity contribution in [3.05, 3.63) is 53.3 Å². The first-order chi connectivity index (χ1) is 13.0. The third-order valence-electron chi connectivity index (χ3n) is 4.27. The molecular formula is C21H20F3NO3. The Morgan fingerprint density at radius 2 is 1.75 bits per heavy atom. The maximum atomic E-state index is 12.8. The number of esters is 1. The lowest BCUT2D eigenvalue weighted by Gasteiger charge is -2.20. The number of hydrogen-bond donors (Lipinski definition) is 0. The van der Waals surface area contributed by atoms with Gasteiger partial charge in [-0.05, 0) is 30.5 Å². The molecule has 0 spiro atoms. The fourth-order valence-electron chi connectivity index (χ4n) is 2.86. The summed E-state index contributed by atoms with van der Waals surface area (Å²) < 4.78 is 49.1. The van der Waals surface area contributed by atoms with Crippen LogP contribution < -0.4 is 0 Å². The molecule has 1 aromatic carbocycles. The van der Waals surface area contributed by atoms with E-state index in [-0.39, 0.29) is 17.8 Å². The standard InChI is InChI=1S/C21H20F3NO3/c1-5-27-19(26)17-11-16-18(28-17)14(20(2,3)4)10-15(25-16)12-6-8-13(9-7-12)21(22,23)24/h6-11H,5H2,1-4H3. The summed E-state index contributed by atoms with van der Waals surface area (Å²) in [6.45, 7) is 7.84. The third kappa shape index (κ3) is 3.88. The normalized spacial score (nSPS) is 12.4. The minimum Gasteiger partial charge on any atom is -0.460 e. The van der Waals surface area contributed by atoms with Gasteiger partial charge < -0.3 is 9.15 Å². The molecule has 3 aromatic rings. The van der Waals surface area contributed by atoms with Gasteiger partial charge in [0.2, 0.25) is 5.76 Å². The summed E-state index contributed by atoms with van der Waals surface area (Å²) in [5, 5.41) is 0. The molecule has 0 aliphatic carbocycles. The number of carbonyl (C=O) groups excluding carboxylic acids is 1. The van der Waals surface area contributed by atoms with Crippen LogP contribution in [0.2, 0.25) is 0 Å². The number of hydrogen-bond acceptors (Lipinski definition) is 4. The van der Waals surface area contributed by atoms with Crippen molar-refractivity contribution in [1.29, 1.82) is 0 Å². The Balaban J connectivity index is 2.15. The first kappa shape index (κ1) is 19.9. The molecule has 0 N–H and O–H groups in total. The van der Waals surface area contributed by atoms with Crippen molar-refractivity contribution in [2.24, 2.45) is 0 Å². The van der Waals surface area contributed by atoms with Crippen LogP contribution in [-0.2, 0) is 16.3 Å². The number of furan rings is 1. The van der Waals surface area contributed by atoms with Gasteiger partial charge in [-0.3, -0.25) is 0 Å². The van der Waals surface area contributed by atoms with Gasteiger partial charge in [0.25, 0.3) is 0 Å². The van der Waals surface area contributed by atoms with E-state index in [4.69, 9.17) is 9.15 Å². The molecule has 28 heavy (non-hydrogen) atoms. The predicted molar refractivity (Wildman–Crippen MR) is 99.1 cm³/mol. The summed E-state index contributed by atoms with van der Waals surface area (Å²) in [6, 6.07) is 8.10. The van der Waals surface area contributed by atoms with Crippen LogP contribution in [0.4, 0.5) is 13.2 Å². The smallest absolute Gasteiger partial charge is 0.416 e. The van der Waals surface area contributed by atoms with Gasteiger partial charge in [0.1, 0.15) is 5.52 Å². The van der Waals surface area contributed by atoms with E-state index in [1.165, 1.54) is 18.2 Å².